The van der Waals surface area contributed by atoms with Gasteiger partial charge < -0.3 is 9.80 Å². The monoisotopic (exact) mass is 668 g/mol. The molecule has 0 bridgehead atoms. The normalized spacial score (nSPS) is 13.5. The molecule has 13 rings (SSSR count). The Hall–Kier alpha value is -6.84. The quantitative estimate of drug-likeness (QED) is 0.134. The van der Waals surface area contributed by atoms with Gasteiger partial charge in [0, 0.05) is 33.5 Å². The lowest BCUT2D eigenvalue weighted by Gasteiger charge is -2.44. The second-order valence-corrected chi connectivity index (χ2v) is 14.8. The van der Waals surface area contributed by atoms with E-state index < -0.39 is 0 Å². The van der Waals surface area contributed by atoms with Gasteiger partial charge >= 0.3 is 0 Å². The third kappa shape index (κ3) is 3.50. The molecule has 0 saturated carbocycles. The number of benzene rings is 11. The minimum Gasteiger partial charge on any atom is -0.311 e. The van der Waals surface area contributed by atoms with E-state index in [0.29, 0.717) is 0 Å². The maximum Gasteiger partial charge on any atom is 0.252 e. The first-order valence-electron chi connectivity index (χ1n) is 18.6. The van der Waals surface area contributed by atoms with Crippen LogP contribution in [0.15, 0.2) is 176 Å². The molecule has 3 heteroatoms. The van der Waals surface area contributed by atoms with Gasteiger partial charge in [0.25, 0.3) is 6.71 Å². The lowest BCUT2D eigenvalue weighted by Crippen LogP contribution is -2.61. The Morgan fingerprint density at radius 1 is 0.264 bits per heavy atom. The van der Waals surface area contributed by atoms with E-state index in [1.807, 2.05) is 0 Å². The highest BCUT2D eigenvalue weighted by Crippen LogP contribution is 2.49. The molecular formula is C50H29BN2. The molecule has 0 aromatic heterocycles. The minimum atomic E-state index is 0.0978. The largest absolute Gasteiger partial charge is 0.311 e. The van der Waals surface area contributed by atoms with Crippen LogP contribution in [0, 0.1) is 0 Å². The molecule has 11 aromatic rings. The Labute approximate surface area is 306 Å². The van der Waals surface area contributed by atoms with Crippen LogP contribution in [0.2, 0.25) is 0 Å². The number of nitrogens with zero attached hydrogens (tertiary/aromatic N) is 2. The summed E-state index contributed by atoms with van der Waals surface area (Å²) in [6.07, 6.45) is 0. The van der Waals surface area contributed by atoms with E-state index in [1.54, 1.807) is 0 Å². The van der Waals surface area contributed by atoms with Crippen molar-refractivity contribution in [3.63, 3.8) is 0 Å². The van der Waals surface area contributed by atoms with Gasteiger partial charge in [-0.05, 0) is 107 Å². The molecule has 0 fully saturated rings. The van der Waals surface area contributed by atoms with Crippen molar-refractivity contribution in [2.24, 2.45) is 0 Å². The predicted molar refractivity (Wildman–Crippen MR) is 228 cm³/mol. The number of hydrogen-bond acceptors (Lipinski definition) is 2. The van der Waals surface area contributed by atoms with E-state index in [2.05, 4.69) is 186 Å². The van der Waals surface area contributed by atoms with Gasteiger partial charge in [0.2, 0.25) is 0 Å². The van der Waals surface area contributed by atoms with Crippen LogP contribution in [-0.2, 0) is 0 Å². The van der Waals surface area contributed by atoms with Crippen molar-refractivity contribution < 1.29 is 0 Å². The maximum absolute atomic E-state index is 2.55. The molecule has 53 heavy (non-hydrogen) atoms. The van der Waals surface area contributed by atoms with E-state index in [4.69, 9.17) is 0 Å². The molecule has 0 N–H and O–H groups in total. The van der Waals surface area contributed by atoms with E-state index in [9.17, 15) is 0 Å². The Morgan fingerprint density at radius 2 is 0.623 bits per heavy atom. The molecule has 0 unspecified atom stereocenters. The molecule has 0 atom stereocenters. The number of fused-ring (bicyclic) bond motifs is 4. The van der Waals surface area contributed by atoms with Crippen LogP contribution in [-0.4, -0.2) is 6.71 Å². The third-order valence-electron chi connectivity index (χ3n) is 12.3. The topological polar surface area (TPSA) is 6.48 Å². The molecule has 2 heterocycles. The summed E-state index contributed by atoms with van der Waals surface area (Å²) in [5.74, 6) is 0. The first kappa shape index (κ1) is 27.8. The van der Waals surface area contributed by atoms with Crippen molar-refractivity contribution in [2.45, 2.75) is 0 Å². The molecule has 242 valence electrons. The molecule has 0 aliphatic carbocycles. The van der Waals surface area contributed by atoms with Crippen molar-refractivity contribution >= 4 is 122 Å². The van der Waals surface area contributed by atoms with Crippen LogP contribution in [0.3, 0.4) is 0 Å². The second-order valence-electron chi connectivity index (χ2n) is 14.8. The summed E-state index contributed by atoms with van der Waals surface area (Å²) < 4.78 is 0. The van der Waals surface area contributed by atoms with Crippen molar-refractivity contribution in [2.75, 3.05) is 9.80 Å². The Morgan fingerprint density at radius 3 is 1.09 bits per heavy atom. The summed E-state index contributed by atoms with van der Waals surface area (Å²) in [4.78, 5) is 5.10. The van der Waals surface area contributed by atoms with Crippen LogP contribution in [0.4, 0.5) is 34.1 Å². The first-order valence-corrected chi connectivity index (χ1v) is 18.6. The van der Waals surface area contributed by atoms with E-state index >= 15 is 0 Å². The average Bonchev–Trinajstić information content (AvgIpc) is 3.22. The zero-order valence-electron chi connectivity index (χ0n) is 28.7. The summed E-state index contributed by atoms with van der Waals surface area (Å²) in [6.45, 7) is 0.0978. The van der Waals surface area contributed by atoms with Crippen molar-refractivity contribution in [1.82, 2.24) is 0 Å². The van der Waals surface area contributed by atoms with Gasteiger partial charge in [-0.3, -0.25) is 0 Å². The number of rotatable bonds is 2. The van der Waals surface area contributed by atoms with Gasteiger partial charge in [-0.1, -0.05) is 140 Å². The summed E-state index contributed by atoms with van der Waals surface area (Å²) >= 11 is 0. The van der Waals surface area contributed by atoms with Crippen LogP contribution in [0.5, 0.6) is 0 Å². The highest BCUT2D eigenvalue weighted by molar-refractivity contribution is 7.00. The highest BCUT2D eigenvalue weighted by atomic mass is 15.2. The molecule has 0 spiro atoms. The summed E-state index contributed by atoms with van der Waals surface area (Å²) in [5, 5.41) is 15.6. The van der Waals surface area contributed by atoms with Crippen LogP contribution in [0.25, 0.3) is 64.6 Å². The highest BCUT2D eigenvalue weighted by Gasteiger charge is 2.43. The zero-order chi connectivity index (χ0) is 34.4. The second kappa shape index (κ2) is 9.94. The van der Waals surface area contributed by atoms with E-state index in [1.165, 1.54) is 115 Å². The van der Waals surface area contributed by atoms with E-state index in [-0.39, 0.29) is 6.71 Å². The summed E-state index contributed by atoms with van der Waals surface area (Å²) in [6, 6.07) is 66.1. The smallest absolute Gasteiger partial charge is 0.252 e. The molecule has 2 aliphatic heterocycles. The molecule has 11 aromatic carbocycles. The van der Waals surface area contributed by atoms with Crippen molar-refractivity contribution in [3.8, 4) is 0 Å². The van der Waals surface area contributed by atoms with Gasteiger partial charge in [-0.15, -0.1) is 0 Å². The standard InChI is InChI=1S/C50H29BN2/c1-3-14-42-38(12-1)51-39-13-2-4-15-43(39)53(41-29-25-35-21-19-31-9-6-11-33-23-27-37(41)49(35)47(31)33)45-17-7-16-44(50(45)51)52(42)40-28-24-34-20-18-30-8-5-10-32-22-26-36(40)48(34)46(30)32/h1-29H. The molecule has 2 aliphatic rings. The average molecular weight is 669 g/mol. The zero-order valence-corrected chi connectivity index (χ0v) is 28.7. The van der Waals surface area contributed by atoms with E-state index in [0.717, 1.165) is 0 Å². The Bertz CT molecular complexity index is 3080. The lowest BCUT2D eigenvalue weighted by molar-refractivity contribution is 1.27. The molecule has 0 saturated heterocycles. The first-order chi connectivity index (χ1) is 26.3. The fourth-order valence-corrected chi connectivity index (χ4v) is 10.2. The van der Waals surface area contributed by atoms with Crippen LogP contribution in [0.1, 0.15) is 0 Å². The van der Waals surface area contributed by atoms with Gasteiger partial charge in [0.15, 0.2) is 0 Å². The summed E-state index contributed by atoms with van der Waals surface area (Å²) in [7, 11) is 0. The van der Waals surface area contributed by atoms with Gasteiger partial charge in [-0.25, -0.2) is 0 Å². The van der Waals surface area contributed by atoms with Crippen molar-refractivity contribution in [3.05, 3.63) is 176 Å². The van der Waals surface area contributed by atoms with Gasteiger partial charge in [0.1, 0.15) is 0 Å². The van der Waals surface area contributed by atoms with Gasteiger partial charge in [0.05, 0.1) is 11.4 Å². The molecular weight excluding hydrogens is 639 g/mol. The molecule has 0 radical (unpaired) electrons. The number of anilines is 6. The lowest BCUT2D eigenvalue weighted by atomic mass is 9.33. The fraction of sp³-hybridized carbons (Fsp3) is 0. The van der Waals surface area contributed by atoms with Crippen LogP contribution < -0.4 is 26.2 Å². The molecule has 2 nitrogen and oxygen atoms in total. The Kier molecular flexibility index (Phi) is 5.22. The Balaban J connectivity index is 1.12. The van der Waals surface area contributed by atoms with Crippen LogP contribution >= 0.6 is 0 Å². The minimum absolute atomic E-state index is 0.0978. The fourth-order valence-electron chi connectivity index (χ4n) is 10.2. The predicted octanol–water partition coefficient (Wildman–Crippen LogP) is 11.6. The summed E-state index contributed by atoms with van der Waals surface area (Å²) in [5.41, 5.74) is 11.4. The molecule has 0 amide bonds. The number of hydrogen-bond donors (Lipinski definition) is 0. The maximum atomic E-state index is 2.55. The van der Waals surface area contributed by atoms with Crippen molar-refractivity contribution in [1.29, 1.82) is 0 Å². The third-order valence-corrected chi connectivity index (χ3v) is 12.3. The SMILES string of the molecule is c1ccc2c(c1)B1c3ccccc3N(c3ccc4ccc5cccc6ccc3c4c56)c3cccc(c31)N2c1ccc2ccc3cccc4ccc1c2c34. The number of para-hydroxylation sites is 2. The van der Waals surface area contributed by atoms with Gasteiger partial charge in [-0.2, -0.15) is 0 Å².